The summed E-state index contributed by atoms with van der Waals surface area (Å²) in [6.45, 7) is 6.23. The van der Waals surface area contributed by atoms with Gasteiger partial charge < -0.3 is 14.1 Å². The Morgan fingerprint density at radius 3 is 2.92 bits per heavy atom. The maximum atomic E-state index is 12.4. The summed E-state index contributed by atoms with van der Waals surface area (Å²) < 4.78 is 10.9. The number of aromatic nitrogens is 1. The number of amides is 1. The Bertz CT molecular complexity index is 880. The summed E-state index contributed by atoms with van der Waals surface area (Å²) in [4.78, 5) is 18.2. The van der Waals surface area contributed by atoms with E-state index in [-0.39, 0.29) is 24.0 Å². The van der Waals surface area contributed by atoms with Crippen LogP contribution in [0.5, 0.6) is 6.08 Å². The van der Waals surface area contributed by atoms with Crippen LogP contribution in [0.2, 0.25) is 5.02 Å². The second-order valence-corrected chi connectivity index (χ2v) is 7.49. The van der Waals surface area contributed by atoms with Gasteiger partial charge in [0.15, 0.2) is 12.2 Å². The third-order valence-electron chi connectivity index (χ3n) is 4.08. The molecule has 0 saturated carbocycles. The quantitative estimate of drug-likeness (QED) is 0.800. The molecule has 1 aromatic heterocycles. The molecule has 0 N–H and O–H groups in total. The molecule has 0 unspecified atom stereocenters. The number of likely N-dealkylation sites (N-methyl/N-ethyl adjacent to an activating group) is 1. The third-order valence-corrected chi connectivity index (χ3v) is 4.31. The molecular weight excluding hydrogens is 340 g/mol. The Kier molecular flexibility index (Phi) is 4.60. The summed E-state index contributed by atoms with van der Waals surface area (Å²) in [5.41, 5.74) is 3.32. The van der Waals surface area contributed by atoms with E-state index in [1.165, 1.54) is 5.57 Å². The molecule has 3 rings (SSSR count). The first kappa shape index (κ1) is 17.5. The lowest BCUT2D eigenvalue weighted by Crippen LogP contribution is -2.32. The molecule has 1 heterocycles. The Morgan fingerprint density at radius 2 is 2.20 bits per heavy atom. The number of allylic oxidation sites excluding steroid dienone is 3. The minimum atomic E-state index is -0.173. The summed E-state index contributed by atoms with van der Waals surface area (Å²) >= 11 is 5.92. The van der Waals surface area contributed by atoms with E-state index in [1.54, 1.807) is 30.1 Å². The molecule has 2 aromatic rings. The number of ether oxygens (including phenoxy) is 1. The van der Waals surface area contributed by atoms with E-state index in [0.717, 1.165) is 12.1 Å². The zero-order valence-electron chi connectivity index (χ0n) is 14.8. The number of hydrogen-bond acceptors (Lipinski definition) is 4. The van der Waals surface area contributed by atoms with Gasteiger partial charge in [-0.15, -0.1) is 0 Å². The van der Waals surface area contributed by atoms with Crippen molar-refractivity contribution in [3.8, 4) is 6.08 Å². The molecule has 0 saturated heterocycles. The average molecular weight is 361 g/mol. The van der Waals surface area contributed by atoms with Crippen molar-refractivity contribution in [2.45, 2.75) is 27.2 Å². The highest BCUT2D eigenvalue weighted by atomic mass is 35.5. The van der Waals surface area contributed by atoms with Crippen molar-refractivity contribution in [2.75, 3.05) is 13.7 Å². The van der Waals surface area contributed by atoms with Crippen molar-refractivity contribution in [1.82, 2.24) is 9.88 Å². The number of benzene rings is 1. The lowest BCUT2D eigenvalue weighted by atomic mass is 9.81. The molecule has 1 aliphatic rings. The molecule has 132 valence electrons. The normalized spacial score (nSPS) is 16.4. The highest BCUT2D eigenvalue weighted by Gasteiger charge is 2.24. The number of fused-ring (bicyclic) bond motifs is 1. The molecule has 1 aromatic carbocycles. The molecule has 5 nitrogen and oxygen atoms in total. The van der Waals surface area contributed by atoms with E-state index in [1.807, 2.05) is 6.08 Å². The van der Waals surface area contributed by atoms with Crippen LogP contribution in [0.1, 0.15) is 27.2 Å². The number of hydrogen-bond donors (Lipinski definition) is 0. The van der Waals surface area contributed by atoms with Crippen LogP contribution in [-0.2, 0) is 4.79 Å². The minimum absolute atomic E-state index is 0.0309. The zero-order valence-corrected chi connectivity index (χ0v) is 15.6. The number of carbonyl (C=O) groups is 1. The smallest absolute Gasteiger partial charge is 0.395 e. The van der Waals surface area contributed by atoms with Crippen molar-refractivity contribution in [2.24, 2.45) is 5.41 Å². The molecular formula is C19H21ClN2O3. The van der Waals surface area contributed by atoms with Gasteiger partial charge >= 0.3 is 6.08 Å². The Labute approximate surface area is 151 Å². The van der Waals surface area contributed by atoms with Crippen molar-refractivity contribution in [3.05, 3.63) is 46.6 Å². The van der Waals surface area contributed by atoms with Gasteiger partial charge in [-0.3, -0.25) is 4.79 Å². The highest BCUT2D eigenvalue weighted by Crippen LogP contribution is 2.33. The van der Waals surface area contributed by atoms with Gasteiger partial charge in [-0.25, -0.2) is 0 Å². The van der Waals surface area contributed by atoms with Crippen LogP contribution in [0.15, 0.2) is 46.0 Å². The lowest BCUT2D eigenvalue weighted by molar-refractivity contribution is -0.130. The van der Waals surface area contributed by atoms with Crippen LogP contribution in [-0.4, -0.2) is 29.4 Å². The Morgan fingerprint density at radius 1 is 1.44 bits per heavy atom. The Hall–Kier alpha value is -2.27. The van der Waals surface area contributed by atoms with Crippen LogP contribution < -0.4 is 4.74 Å². The summed E-state index contributed by atoms with van der Waals surface area (Å²) in [5.74, 6) is -0.173. The predicted molar refractivity (Wildman–Crippen MR) is 97.5 cm³/mol. The van der Waals surface area contributed by atoms with Crippen molar-refractivity contribution in [3.63, 3.8) is 0 Å². The number of halogens is 1. The highest BCUT2D eigenvalue weighted by molar-refractivity contribution is 6.31. The predicted octanol–water partition coefficient (Wildman–Crippen LogP) is 4.58. The summed E-state index contributed by atoms with van der Waals surface area (Å²) in [7, 11) is 1.74. The molecule has 6 heteroatoms. The SMILES string of the molecule is CC1=CC(N(C)C(=O)COc2nc3ccc(Cl)cc3o2)=CC(C)(C)C1. The van der Waals surface area contributed by atoms with Gasteiger partial charge in [0.2, 0.25) is 0 Å². The van der Waals surface area contributed by atoms with Crippen LogP contribution in [0, 0.1) is 5.41 Å². The molecule has 0 atom stereocenters. The van der Waals surface area contributed by atoms with Crippen molar-refractivity contribution >= 4 is 28.6 Å². The minimum Gasteiger partial charge on any atom is -0.440 e. The maximum absolute atomic E-state index is 12.4. The first-order valence-electron chi connectivity index (χ1n) is 8.09. The molecule has 1 amide bonds. The molecule has 0 bridgehead atoms. The fourth-order valence-corrected chi connectivity index (χ4v) is 3.17. The van der Waals surface area contributed by atoms with Crippen molar-refractivity contribution in [1.29, 1.82) is 0 Å². The maximum Gasteiger partial charge on any atom is 0.395 e. The first-order valence-corrected chi connectivity index (χ1v) is 8.47. The fraction of sp³-hybridized carbons (Fsp3) is 0.368. The molecule has 25 heavy (non-hydrogen) atoms. The molecule has 0 aliphatic heterocycles. The van der Waals surface area contributed by atoms with Gasteiger partial charge in [-0.05, 0) is 37.0 Å². The van der Waals surface area contributed by atoms with E-state index in [9.17, 15) is 4.79 Å². The van der Waals surface area contributed by atoms with Crippen LogP contribution >= 0.6 is 11.6 Å². The molecule has 0 radical (unpaired) electrons. The van der Waals surface area contributed by atoms with Gasteiger partial charge in [0.1, 0.15) is 5.52 Å². The van der Waals surface area contributed by atoms with E-state index < -0.39 is 0 Å². The third kappa shape index (κ3) is 4.04. The largest absolute Gasteiger partial charge is 0.440 e. The van der Waals surface area contributed by atoms with Gasteiger partial charge in [-0.1, -0.05) is 37.1 Å². The summed E-state index contributed by atoms with van der Waals surface area (Å²) in [5, 5.41) is 0.556. The topological polar surface area (TPSA) is 55.6 Å². The van der Waals surface area contributed by atoms with Crippen LogP contribution in [0.4, 0.5) is 0 Å². The number of rotatable bonds is 4. The molecule has 0 fully saturated rings. The van der Waals surface area contributed by atoms with Crippen LogP contribution in [0.25, 0.3) is 11.1 Å². The van der Waals surface area contributed by atoms with Crippen molar-refractivity contribution < 1.29 is 13.9 Å². The molecule has 1 aliphatic carbocycles. The fourth-order valence-electron chi connectivity index (χ4n) is 3.01. The van der Waals surface area contributed by atoms with Gasteiger partial charge in [0, 0.05) is 23.8 Å². The van der Waals surface area contributed by atoms with E-state index in [0.29, 0.717) is 16.1 Å². The molecule has 0 spiro atoms. The average Bonchev–Trinajstić information content (AvgIpc) is 2.91. The second-order valence-electron chi connectivity index (χ2n) is 7.06. The number of oxazole rings is 1. The van der Waals surface area contributed by atoms with Gasteiger partial charge in [0.25, 0.3) is 5.91 Å². The van der Waals surface area contributed by atoms with E-state index >= 15 is 0 Å². The summed E-state index contributed by atoms with van der Waals surface area (Å²) in [6.07, 6.45) is 5.19. The lowest BCUT2D eigenvalue weighted by Gasteiger charge is -2.30. The zero-order chi connectivity index (χ0) is 18.2. The van der Waals surface area contributed by atoms with E-state index in [4.69, 9.17) is 20.8 Å². The van der Waals surface area contributed by atoms with E-state index in [2.05, 4.69) is 31.8 Å². The van der Waals surface area contributed by atoms with Gasteiger partial charge in [-0.2, -0.15) is 4.98 Å². The Balaban J connectivity index is 1.68. The van der Waals surface area contributed by atoms with Crippen LogP contribution in [0.3, 0.4) is 0 Å². The van der Waals surface area contributed by atoms with Gasteiger partial charge in [0.05, 0.1) is 0 Å². The number of carbonyl (C=O) groups excluding carboxylic acids is 1. The number of nitrogens with zero attached hydrogens (tertiary/aromatic N) is 2. The summed E-state index contributed by atoms with van der Waals surface area (Å²) in [6, 6.07) is 5.12. The first-order chi connectivity index (χ1) is 11.7. The standard InChI is InChI=1S/C19H21ClN2O3/c1-12-7-14(10-19(2,3)9-12)22(4)17(23)11-24-18-21-15-6-5-13(20)8-16(15)25-18/h5-8,10H,9,11H2,1-4H3. The monoisotopic (exact) mass is 360 g/mol. The second kappa shape index (κ2) is 6.56.